The number of nitrogens with zero attached hydrogens (tertiary/aromatic N) is 3. The summed E-state index contributed by atoms with van der Waals surface area (Å²) in [5, 5.41) is 8.28. The van der Waals surface area contributed by atoms with Crippen molar-refractivity contribution in [3.8, 4) is 10.6 Å². The average Bonchev–Trinajstić information content (AvgIpc) is 3.63. The minimum atomic E-state index is -0.390. The number of carbonyl (C=O) groups excluding carboxylic acids is 2. The molecule has 4 aromatic rings. The number of nitrogens with one attached hydrogen (secondary N) is 1. The van der Waals surface area contributed by atoms with Crippen LogP contribution in [0.15, 0.2) is 47.0 Å². The van der Waals surface area contributed by atoms with Crippen molar-refractivity contribution in [3.05, 3.63) is 63.8 Å². The topological polar surface area (TPSA) is 89.6 Å². The summed E-state index contributed by atoms with van der Waals surface area (Å²) in [5.41, 5.74) is 2.45. The number of benzene rings is 1. The summed E-state index contributed by atoms with van der Waals surface area (Å²) >= 11 is 7.51. The van der Waals surface area contributed by atoms with Gasteiger partial charge in [-0.15, -0.1) is 11.3 Å². The van der Waals surface area contributed by atoms with Gasteiger partial charge >= 0.3 is 5.97 Å². The predicted molar refractivity (Wildman–Crippen MR) is 154 cm³/mol. The Balaban J connectivity index is 1.44. The highest BCUT2D eigenvalue weighted by atomic mass is 35.5. The van der Waals surface area contributed by atoms with Gasteiger partial charge in [0.15, 0.2) is 5.76 Å². The number of hydrogen-bond donors (Lipinski definition) is 1. The molecular formula is C29H33ClN4O4S. The Labute approximate surface area is 236 Å². The Morgan fingerprint density at radius 3 is 2.56 bits per heavy atom. The molecule has 0 atom stereocenters. The zero-order chi connectivity index (χ0) is 27.7. The van der Waals surface area contributed by atoms with Gasteiger partial charge in [-0.3, -0.25) is 4.79 Å². The van der Waals surface area contributed by atoms with E-state index in [0.29, 0.717) is 39.6 Å². The minimum absolute atomic E-state index is 0.109. The fraction of sp³-hybridized carbons (Fsp3) is 0.414. The number of carbonyl (C=O) groups is 2. The van der Waals surface area contributed by atoms with Crippen molar-refractivity contribution < 1.29 is 18.8 Å². The van der Waals surface area contributed by atoms with Crippen LogP contribution in [0.5, 0.6) is 0 Å². The molecule has 0 saturated carbocycles. The quantitative estimate of drug-likeness (QED) is 0.254. The number of halogens is 1. The lowest BCUT2D eigenvalue weighted by molar-refractivity contribution is 0.0378. The van der Waals surface area contributed by atoms with E-state index >= 15 is 0 Å². The molecule has 4 heterocycles. The van der Waals surface area contributed by atoms with Crippen LogP contribution in [-0.2, 0) is 11.3 Å². The highest BCUT2D eigenvalue weighted by molar-refractivity contribution is 7.19. The molecule has 206 valence electrons. The SMILES string of the molecule is CC(C)OC(=O)c1ccc2c(c1)cc(C(=O)NC1CCN(C(C)C)CC1)n2Cc1cc(-c2ccc(Cl)s2)on1. The molecule has 0 spiro atoms. The molecule has 1 N–H and O–H groups in total. The predicted octanol–water partition coefficient (Wildman–Crippen LogP) is 6.23. The monoisotopic (exact) mass is 568 g/mol. The lowest BCUT2D eigenvalue weighted by Gasteiger charge is -2.34. The van der Waals surface area contributed by atoms with E-state index in [1.807, 2.05) is 48.7 Å². The first-order valence-electron chi connectivity index (χ1n) is 13.3. The van der Waals surface area contributed by atoms with Crippen molar-refractivity contribution in [2.24, 2.45) is 0 Å². The van der Waals surface area contributed by atoms with Gasteiger partial charge in [-0.2, -0.15) is 0 Å². The molecule has 1 amide bonds. The zero-order valence-corrected chi connectivity index (χ0v) is 24.1. The van der Waals surface area contributed by atoms with Crippen molar-refractivity contribution in [1.29, 1.82) is 0 Å². The second-order valence-electron chi connectivity index (χ2n) is 10.5. The van der Waals surface area contributed by atoms with E-state index in [1.54, 1.807) is 12.1 Å². The van der Waals surface area contributed by atoms with Crippen LogP contribution in [0.4, 0.5) is 0 Å². The van der Waals surface area contributed by atoms with E-state index in [-0.39, 0.29) is 18.1 Å². The lowest BCUT2D eigenvalue weighted by atomic mass is 10.0. The minimum Gasteiger partial charge on any atom is -0.459 e. The first-order valence-corrected chi connectivity index (χ1v) is 14.5. The van der Waals surface area contributed by atoms with E-state index < -0.39 is 5.97 Å². The summed E-state index contributed by atoms with van der Waals surface area (Å²) in [6, 6.07) is 13.4. The first kappa shape index (κ1) is 27.4. The van der Waals surface area contributed by atoms with Gasteiger partial charge in [0.1, 0.15) is 11.4 Å². The van der Waals surface area contributed by atoms with Crippen molar-refractivity contribution in [2.45, 2.75) is 65.3 Å². The third-order valence-corrected chi connectivity index (χ3v) is 8.25. The molecule has 1 aromatic carbocycles. The third-order valence-electron chi connectivity index (χ3n) is 7.00. The van der Waals surface area contributed by atoms with E-state index in [2.05, 4.69) is 29.2 Å². The van der Waals surface area contributed by atoms with Gasteiger partial charge in [0.2, 0.25) is 0 Å². The molecule has 0 bridgehead atoms. The number of fused-ring (bicyclic) bond motifs is 1. The van der Waals surface area contributed by atoms with Gasteiger partial charge in [-0.05, 0) is 76.9 Å². The third kappa shape index (κ3) is 6.21. The number of piperidine rings is 1. The summed E-state index contributed by atoms with van der Waals surface area (Å²) in [7, 11) is 0. The molecule has 0 aliphatic carbocycles. The van der Waals surface area contributed by atoms with Crippen LogP contribution in [0, 0.1) is 0 Å². The molecule has 1 fully saturated rings. The Morgan fingerprint density at radius 1 is 1.13 bits per heavy atom. The van der Waals surface area contributed by atoms with Gasteiger partial charge in [-0.1, -0.05) is 16.8 Å². The van der Waals surface area contributed by atoms with Crippen molar-refractivity contribution in [3.63, 3.8) is 0 Å². The van der Waals surface area contributed by atoms with Crippen molar-refractivity contribution in [2.75, 3.05) is 13.1 Å². The fourth-order valence-corrected chi connectivity index (χ4v) is 5.96. The number of likely N-dealkylation sites (tertiary alicyclic amines) is 1. The maximum atomic E-state index is 13.6. The van der Waals surface area contributed by atoms with Crippen LogP contribution in [0.2, 0.25) is 4.34 Å². The summed E-state index contributed by atoms with van der Waals surface area (Å²) in [6.45, 7) is 10.3. The molecular weight excluding hydrogens is 536 g/mol. The average molecular weight is 569 g/mol. The summed E-state index contributed by atoms with van der Waals surface area (Å²) in [4.78, 5) is 29.5. The molecule has 1 aliphatic rings. The summed E-state index contributed by atoms with van der Waals surface area (Å²) in [6.07, 6.45) is 1.59. The van der Waals surface area contributed by atoms with E-state index in [1.165, 1.54) is 11.3 Å². The van der Waals surface area contributed by atoms with Gasteiger partial charge in [0.05, 0.1) is 27.4 Å². The fourth-order valence-electron chi connectivity index (χ4n) is 4.97. The smallest absolute Gasteiger partial charge is 0.338 e. The van der Waals surface area contributed by atoms with E-state index in [9.17, 15) is 9.59 Å². The molecule has 39 heavy (non-hydrogen) atoms. The standard InChI is InChI=1S/C29H33ClN4O4S/c1-17(2)33-11-9-21(10-12-33)31-28(35)24-14-20-13-19(29(36)37-18(3)4)5-6-23(20)34(24)16-22-15-25(38-32-22)26-7-8-27(30)39-26/h5-8,13-15,17-18,21H,9-12,16H2,1-4H3,(H,31,35). The van der Waals surface area contributed by atoms with Crippen LogP contribution >= 0.6 is 22.9 Å². The number of aromatic nitrogens is 2. The zero-order valence-electron chi connectivity index (χ0n) is 22.6. The number of amides is 1. The molecule has 1 saturated heterocycles. The Bertz CT molecular complexity index is 1480. The maximum Gasteiger partial charge on any atom is 0.338 e. The van der Waals surface area contributed by atoms with Crippen molar-refractivity contribution >= 4 is 45.7 Å². The van der Waals surface area contributed by atoms with Crippen LogP contribution in [0.1, 0.15) is 67.1 Å². The molecule has 3 aromatic heterocycles. The van der Waals surface area contributed by atoms with Gasteiger partial charge in [0, 0.05) is 42.1 Å². The number of esters is 1. The molecule has 10 heteroatoms. The lowest BCUT2D eigenvalue weighted by Crippen LogP contribution is -2.46. The number of rotatable bonds is 8. The summed E-state index contributed by atoms with van der Waals surface area (Å²) in [5.74, 6) is 0.0903. The molecule has 0 unspecified atom stereocenters. The Kier molecular flexibility index (Phi) is 8.11. The highest BCUT2D eigenvalue weighted by Crippen LogP contribution is 2.32. The van der Waals surface area contributed by atoms with E-state index in [0.717, 1.165) is 41.7 Å². The Hall–Kier alpha value is -3.14. The molecule has 5 rings (SSSR count). The Morgan fingerprint density at radius 2 is 1.90 bits per heavy atom. The normalized spacial score (nSPS) is 14.9. The maximum absolute atomic E-state index is 13.6. The van der Waals surface area contributed by atoms with Gasteiger partial charge < -0.3 is 24.0 Å². The molecule has 1 aliphatic heterocycles. The van der Waals surface area contributed by atoms with Crippen LogP contribution in [0.3, 0.4) is 0 Å². The summed E-state index contributed by atoms with van der Waals surface area (Å²) < 4.78 is 13.6. The first-order chi connectivity index (χ1) is 18.7. The molecule has 8 nitrogen and oxygen atoms in total. The number of hydrogen-bond acceptors (Lipinski definition) is 7. The van der Waals surface area contributed by atoms with Gasteiger partial charge in [-0.25, -0.2) is 4.79 Å². The highest BCUT2D eigenvalue weighted by Gasteiger charge is 2.25. The van der Waals surface area contributed by atoms with Crippen LogP contribution in [0.25, 0.3) is 21.5 Å². The van der Waals surface area contributed by atoms with Crippen LogP contribution < -0.4 is 5.32 Å². The largest absolute Gasteiger partial charge is 0.459 e. The second-order valence-corrected chi connectivity index (χ2v) is 12.2. The van der Waals surface area contributed by atoms with Gasteiger partial charge in [0.25, 0.3) is 5.91 Å². The van der Waals surface area contributed by atoms with Crippen LogP contribution in [-0.4, -0.2) is 57.8 Å². The van der Waals surface area contributed by atoms with Crippen molar-refractivity contribution in [1.82, 2.24) is 19.9 Å². The van der Waals surface area contributed by atoms with E-state index in [4.69, 9.17) is 20.9 Å². The number of thiophene rings is 1. The number of ether oxygens (including phenoxy) is 1. The molecule has 0 radical (unpaired) electrons. The second kappa shape index (κ2) is 11.5.